The normalized spacial score (nSPS) is 13.2. The SMILES string of the molecule is CC(NC(=O)Nc1ccsc1)(C(=O)O)c1ccccc1. The Morgan fingerprint density at radius 2 is 1.90 bits per heavy atom. The second-order valence-corrected chi connectivity index (χ2v) is 5.17. The molecule has 0 radical (unpaired) electrons. The summed E-state index contributed by atoms with van der Waals surface area (Å²) in [6.07, 6.45) is 0. The number of carbonyl (C=O) groups is 2. The summed E-state index contributed by atoms with van der Waals surface area (Å²) in [5.74, 6) is -1.12. The lowest BCUT2D eigenvalue weighted by Crippen LogP contribution is -2.51. The van der Waals surface area contributed by atoms with Gasteiger partial charge in [-0.15, -0.1) is 0 Å². The summed E-state index contributed by atoms with van der Waals surface area (Å²) in [7, 11) is 0. The molecular formula is C14H14N2O3S. The van der Waals surface area contributed by atoms with Gasteiger partial charge in [-0.05, 0) is 23.9 Å². The molecule has 1 aromatic carbocycles. The van der Waals surface area contributed by atoms with E-state index in [2.05, 4.69) is 10.6 Å². The number of urea groups is 1. The molecule has 0 bridgehead atoms. The fourth-order valence-corrected chi connectivity index (χ4v) is 2.33. The number of aliphatic carboxylic acids is 1. The van der Waals surface area contributed by atoms with Crippen LogP contribution in [0.5, 0.6) is 0 Å². The van der Waals surface area contributed by atoms with E-state index in [0.29, 0.717) is 11.3 Å². The lowest BCUT2D eigenvalue weighted by Gasteiger charge is -2.26. The molecule has 20 heavy (non-hydrogen) atoms. The van der Waals surface area contributed by atoms with Gasteiger partial charge in [0, 0.05) is 5.38 Å². The summed E-state index contributed by atoms with van der Waals surface area (Å²) in [6, 6.07) is 9.77. The first-order chi connectivity index (χ1) is 9.52. The minimum Gasteiger partial charge on any atom is -0.479 e. The second kappa shape index (κ2) is 5.75. The number of carboxylic acid groups (broad SMARTS) is 1. The highest BCUT2D eigenvalue weighted by Gasteiger charge is 2.36. The summed E-state index contributed by atoms with van der Waals surface area (Å²) in [5, 5.41) is 18.1. The number of carbonyl (C=O) groups excluding carboxylic acids is 1. The van der Waals surface area contributed by atoms with E-state index in [1.54, 1.807) is 41.8 Å². The Kier molecular flexibility index (Phi) is 4.05. The van der Waals surface area contributed by atoms with Crippen LogP contribution in [0.15, 0.2) is 47.2 Å². The first-order valence-electron chi connectivity index (χ1n) is 5.92. The van der Waals surface area contributed by atoms with Crippen molar-refractivity contribution in [3.05, 3.63) is 52.7 Å². The van der Waals surface area contributed by atoms with E-state index < -0.39 is 17.5 Å². The van der Waals surface area contributed by atoms with Gasteiger partial charge in [0.25, 0.3) is 0 Å². The van der Waals surface area contributed by atoms with E-state index in [4.69, 9.17) is 0 Å². The standard InChI is InChI=1S/C14H14N2O3S/c1-14(12(17)18,10-5-3-2-4-6-10)16-13(19)15-11-7-8-20-9-11/h2-9H,1H3,(H,17,18)(H2,15,16,19). The van der Waals surface area contributed by atoms with Crippen LogP contribution in [0.25, 0.3) is 0 Å². The number of amides is 2. The van der Waals surface area contributed by atoms with Crippen molar-refractivity contribution in [2.75, 3.05) is 5.32 Å². The fourth-order valence-electron chi connectivity index (χ4n) is 1.75. The highest BCUT2D eigenvalue weighted by Crippen LogP contribution is 2.21. The van der Waals surface area contributed by atoms with Gasteiger partial charge < -0.3 is 15.7 Å². The number of thiophene rings is 1. The highest BCUT2D eigenvalue weighted by molar-refractivity contribution is 7.08. The Hall–Kier alpha value is -2.34. The predicted octanol–water partition coefficient (Wildman–Crippen LogP) is 2.87. The van der Waals surface area contributed by atoms with E-state index in [-0.39, 0.29) is 0 Å². The van der Waals surface area contributed by atoms with E-state index in [1.165, 1.54) is 18.3 Å². The minimum absolute atomic E-state index is 0.507. The first kappa shape index (κ1) is 14.1. The zero-order chi connectivity index (χ0) is 14.6. The molecule has 104 valence electrons. The van der Waals surface area contributed by atoms with Crippen molar-refractivity contribution in [2.24, 2.45) is 0 Å². The molecule has 0 saturated carbocycles. The first-order valence-corrected chi connectivity index (χ1v) is 6.87. The van der Waals surface area contributed by atoms with Crippen LogP contribution in [-0.2, 0) is 10.3 Å². The number of nitrogens with one attached hydrogen (secondary N) is 2. The Bertz CT molecular complexity index is 598. The Balaban J connectivity index is 2.18. The van der Waals surface area contributed by atoms with Gasteiger partial charge in [-0.25, -0.2) is 9.59 Å². The van der Waals surface area contributed by atoms with Crippen molar-refractivity contribution in [1.29, 1.82) is 0 Å². The van der Waals surface area contributed by atoms with Crippen molar-refractivity contribution in [2.45, 2.75) is 12.5 Å². The molecule has 6 heteroatoms. The third-order valence-electron chi connectivity index (χ3n) is 2.92. The topological polar surface area (TPSA) is 78.4 Å². The fraction of sp³-hybridized carbons (Fsp3) is 0.143. The average molecular weight is 290 g/mol. The minimum atomic E-state index is -1.48. The lowest BCUT2D eigenvalue weighted by molar-refractivity contribution is -0.144. The quantitative estimate of drug-likeness (QED) is 0.810. The van der Waals surface area contributed by atoms with Crippen LogP contribution in [0, 0.1) is 0 Å². The maximum Gasteiger partial charge on any atom is 0.333 e. The van der Waals surface area contributed by atoms with Crippen molar-refractivity contribution in [3.8, 4) is 0 Å². The summed E-state index contributed by atoms with van der Waals surface area (Å²) >= 11 is 1.44. The van der Waals surface area contributed by atoms with Gasteiger partial charge in [0.2, 0.25) is 0 Å². The van der Waals surface area contributed by atoms with Crippen LogP contribution in [0.2, 0.25) is 0 Å². The summed E-state index contributed by atoms with van der Waals surface area (Å²) in [5.41, 5.74) is -0.345. The summed E-state index contributed by atoms with van der Waals surface area (Å²) < 4.78 is 0. The maximum atomic E-state index is 11.9. The highest BCUT2D eigenvalue weighted by atomic mass is 32.1. The van der Waals surface area contributed by atoms with Gasteiger partial charge in [0.1, 0.15) is 0 Å². The van der Waals surface area contributed by atoms with Crippen molar-refractivity contribution in [3.63, 3.8) is 0 Å². The number of hydrogen-bond donors (Lipinski definition) is 3. The van der Waals surface area contributed by atoms with Crippen LogP contribution in [-0.4, -0.2) is 17.1 Å². The molecule has 0 fully saturated rings. The van der Waals surface area contributed by atoms with Gasteiger partial charge in [-0.1, -0.05) is 30.3 Å². The van der Waals surface area contributed by atoms with E-state index in [0.717, 1.165) is 0 Å². The zero-order valence-corrected chi connectivity index (χ0v) is 11.6. The largest absolute Gasteiger partial charge is 0.479 e. The van der Waals surface area contributed by atoms with E-state index in [1.807, 2.05) is 5.38 Å². The number of hydrogen-bond acceptors (Lipinski definition) is 3. The van der Waals surface area contributed by atoms with Gasteiger partial charge in [0.15, 0.2) is 5.54 Å². The molecule has 1 atom stereocenters. The molecule has 1 heterocycles. The number of carboxylic acids is 1. The molecule has 0 aliphatic carbocycles. The molecule has 2 aromatic rings. The molecule has 2 amide bonds. The Morgan fingerprint density at radius 1 is 1.20 bits per heavy atom. The van der Waals surface area contributed by atoms with Gasteiger partial charge >= 0.3 is 12.0 Å². The van der Waals surface area contributed by atoms with Gasteiger partial charge in [-0.3, -0.25) is 0 Å². The molecule has 0 saturated heterocycles. The molecule has 0 aliphatic heterocycles. The van der Waals surface area contributed by atoms with Crippen LogP contribution in [0.3, 0.4) is 0 Å². The van der Waals surface area contributed by atoms with Crippen molar-refractivity contribution in [1.82, 2.24) is 5.32 Å². The molecule has 0 aliphatic rings. The van der Waals surface area contributed by atoms with Crippen LogP contribution in [0.1, 0.15) is 12.5 Å². The molecule has 5 nitrogen and oxygen atoms in total. The van der Waals surface area contributed by atoms with E-state index in [9.17, 15) is 14.7 Å². The second-order valence-electron chi connectivity index (χ2n) is 4.39. The summed E-state index contributed by atoms with van der Waals surface area (Å²) in [6.45, 7) is 1.46. The summed E-state index contributed by atoms with van der Waals surface area (Å²) in [4.78, 5) is 23.4. The predicted molar refractivity (Wildman–Crippen MR) is 77.9 cm³/mol. The van der Waals surface area contributed by atoms with Crippen LogP contribution >= 0.6 is 11.3 Å². The third-order valence-corrected chi connectivity index (χ3v) is 3.60. The molecule has 1 aromatic heterocycles. The Labute approximate surface area is 120 Å². The molecule has 1 unspecified atom stereocenters. The lowest BCUT2D eigenvalue weighted by atomic mass is 9.92. The van der Waals surface area contributed by atoms with Crippen molar-refractivity contribution >= 4 is 29.0 Å². The smallest absolute Gasteiger partial charge is 0.333 e. The van der Waals surface area contributed by atoms with E-state index >= 15 is 0 Å². The van der Waals surface area contributed by atoms with Crippen LogP contribution < -0.4 is 10.6 Å². The van der Waals surface area contributed by atoms with Crippen LogP contribution in [0.4, 0.5) is 10.5 Å². The average Bonchev–Trinajstić information content (AvgIpc) is 2.92. The number of anilines is 1. The van der Waals surface area contributed by atoms with Gasteiger partial charge in [-0.2, -0.15) is 11.3 Å². The molecule has 2 rings (SSSR count). The number of rotatable bonds is 4. The molecule has 3 N–H and O–H groups in total. The van der Waals surface area contributed by atoms with Crippen molar-refractivity contribution < 1.29 is 14.7 Å². The zero-order valence-electron chi connectivity index (χ0n) is 10.8. The monoisotopic (exact) mass is 290 g/mol. The maximum absolute atomic E-state index is 11.9. The number of benzene rings is 1. The third kappa shape index (κ3) is 2.97. The molecular weight excluding hydrogens is 276 g/mol. The van der Waals surface area contributed by atoms with Gasteiger partial charge in [0.05, 0.1) is 5.69 Å². The Morgan fingerprint density at radius 3 is 2.45 bits per heavy atom. The molecule has 0 spiro atoms.